The quantitative estimate of drug-likeness (QED) is 0.767. The minimum Gasteiger partial charge on any atom is -0.494 e. The molecule has 1 rings (SSSR count). The Bertz CT molecular complexity index is 497. The standard InChI is InChI=1S/C15H19FN2O2/c1-4-8-17-15(19)11-18(5-2)10-12-6-7-14(20-3)13(16)9-12/h1,6-7,9H,5,8,10-11H2,2-3H3,(H,17,19). The van der Waals surface area contributed by atoms with Crippen LogP contribution < -0.4 is 10.1 Å². The Morgan fingerprint density at radius 2 is 2.30 bits per heavy atom. The number of amides is 1. The van der Waals surface area contributed by atoms with E-state index in [1.807, 2.05) is 11.8 Å². The van der Waals surface area contributed by atoms with Crippen LogP contribution in [0.5, 0.6) is 5.75 Å². The minimum absolute atomic E-state index is 0.140. The molecule has 0 spiro atoms. The Morgan fingerprint density at radius 3 is 2.85 bits per heavy atom. The lowest BCUT2D eigenvalue weighted by Crippen LogP contribution is -2.37. The van der Waals surface area contributed by atoms with Gasteiger partial charge in [0.25, 0.3) is 0 Å². The molecule has 0 saturated carbocycles. The molecule has 0 saturated heterocycles. The van der Waals surface area contributed by atoms with Crippen LogP contribution in [0.3, 0.4) is 0 Å². The van der Waals surface area contributed by atoms with E-state index in [0.29, 0.717) is 13.1 Å². The number of methoxy groups -OCH3 is 1. The van der Waals surface area contributed by atoms with Gasteiger partial charge in [0.05, 0.1) is 20.2 Å². The third-order valence-electron chi connectivity index (χ3n) is 2.82. The molecular formula is C15H19FN2O2. The number of nitrogens with zero attached hydrogens (tertiary/aromatic N) is 1. The fourth-order valence-corrected chi connectivity index (χ4v) is 1.75. The van der Waals surface area contributed by atoms with Crippen molar-refractivity contribution in [1.29, 1.82) is 0 Å². The molecule has 0 radical (unpaired) electrons. The van der Waals surface area contributed by atoms with Gasteiger partial charge < -0.3 is 10.1 Å². The maximum absolute atomic E-state index is 13.6. The van der Waals surface area contributed by atoms with Gasteiger partial charge in [-0.1, -0.05) is 18.9 Å². The van der Waals surface area contributed by atoms with Gasteiger partial charge in [-0.3, -0.25) is 9.69 Å². The SMILES string of the molecule is C#CCNC(=O)CN(CC)Cc1ccc(OC)c(F)c1. The molecule has 0 fully saturated rings. The highest BCUT2D eigenvalue weighted by Crippen LogP contribution is 2.18. The first-order valence-corrected chi connectivity index (χ1v) is 6.35. The van der Waals surface area contributed by atoms with Crippen molar-refractivity contribution < 1.29 is 13.9 Å². The lowest BCUT2D eigenvalue weighted by molar-refractivity contribution is -0.122. The van der Waals surface area contributed by atoms with Gasteiger partial charge in [0.2, 0.25) is 5.91 Å². The number of halogens is 1. The summed E-state index contributed by atoms with van der Waals surface area (Å²) in [4.78, 5) is 13.5. The molecule has 108 valence electrons. The van der Waals surface area contributed by atoms with Crippen molar-refractivity contribution >= 4 is 5.91 Å². The number of ether oxygens (including phenoxy) is 1. The van der Waals surface area contributed by atoms with Gasteiger partial charge in [0, 0.05) is 6.54 Å². The number of benzene rings is 1. The topological polar surface area (TPSA) is 41.6 Å². The zero-order valence-electron chi connectivity index (χ0n) is 11.8. The van der Waals surface area contributed by atoms with E-state index in [1.165, 1.54) is 13.2 Å². The molecule has 0 heterocycles. The molecule has 1 aromatic carbocycles. The lowest BCUT2D eigenvalue weighted by atomic mass is 10.2. The highest BCUT2D eigenvalue weighted by atomic mass is 19.1. The Kier molecular flexibility index (Phi) is 6.54. The van der Waals surface area contributed by atoms with Gasteiger partial charge >= 0.3 is 0 Å². The van der Waals surface area contributed by atoms with E-state index in [-0.39, 0.29) is 24.7 Å². The molecule has 0 aliphatic heterocycles. The van der Waals surface area contributed by atoms with Crippen LogP contribution in [0.4, 0.5) is 4.39 Å². The summed E-state index contributed by atoms with van der Waals surface area (Å²) in [6.45, 7) is 3.55. The van der Waals surface area contributed by atoms with Crippen LogP contribution in [0, 0.1) is 18.2 Å². The van der Waals surface area contributed by atoms with Crippen LogP contribution >= 0.6 is 0 Å². The van der Waals surface area contributed by atoms with E-state index in [4.69, 9.17) is 11.2 Å². The molecule has 0 aliphatic carbocycles. The Hall–Kier alpha value is -2.06. The maximum atomic E-state index is 13.6. The van der Waals surface area contributed by atoms with E-state index in [2.05, 4.69) is 11.2 Å². The summed E-state index contributed by atoms with van der Waals surface area (Å²) in [5.41, 5.74) is 0.787. The van der Waals surface area contributed by atoms with Crippen LogP contribution in [0.15, 0.2) is 18.2 Å². The molecule has 20 heavy (non-hydrogen) atoms. The molecule has 0 bridgehead atoms. The first-order chi connectivity index (χ1) is 9.60. The largest absolute Gasteiger partial charge is 0.494 e. The van der Waals surface area contributed by atoms with E-state index in [9.17, 15) is 9.18 Å². The maximum Gasteiger partial charge on any atom is 0.234 e. The zero-order chi connectivity index (χ0) is 15.0. The molecule has 4 nitrogen and oxygen atoms in total. The highest BCUT2D eigenvalue weighted by molar-refractivity contribution is 5.78. The summed E-state index contributed by atoms with van der Waals surface area (Å²) in [5, 5.41) is 2.60. The minimum atomic E-state index is -0.405. The number of carbonyl (C=O) groups is 1. The molecule has 0 unspecified atom stereocenters. The van der Waals surface area contributed by atoms with Crippen LogP contribution in [0.1, 0.15) is 12.5 Å². The first kappa shape index (κ1) is 16.0. The third kappa shape index (κ3) is 4.90. The van der Waals surface area contributed by atoms with Crippen molar-refractivity contribution in [1.82, 2.24) is 10.2 Å². The molecule has 1 N–H and O–H groups in total. The van der Waals surface area contributed by atoms with Crippen molar-refractivity contribution in [2.24, 2.45) is 0 Å². The van der Waals surface area contributed by atoms with Crippen molar-refractivity contribution in [2.75, 3.05) is 26.7 Å². The van der Waals surface area contributed by atoms with Gasteiger partial charge in [-0.2, -0.15) is 0 Å². The van der Waals surface area contributed by atoms with Crippen molar-refractivity contribution in [2.45, 2.75) is 13.5 Å². The second-order valence-corrected chi connectivity index (χ2v) is 4.25. The predicted molar refractivity (Wildman–Crippen MR) is 75.7 cm³/mol. The fourth-order valence-electron chi connectivity index (χ4n) is 1.75. The van der Waals surface area contributed by atoms with Gasteiger partial charge in [-0.05, 0) is 24.2 Å². The second-order valence-electron chi connectivity index (χ2n) is 4.25. The molecular weight excluding hydrogens is 259 g/mol. The average Bonchev–Trinajstić information content (AvgIpc) is 2.44. The molecule has 0 aromatic heterocycles. The summed E-state index contributed by atoms with van der Waals surface area (Å²) < 4.78 is 18.5. The molecule has 5 heteroatoms. The Balaban J connectivity index is 2.62. The van der Waals surface area contributed by atoms with Crippen molar-refractivity contribution in [3.8, 4) is 18.1 Å². The fraction of sp³-hybridized carbons (Fsp3) is 0.400. The number of likely N-dealkylation sites (N-methyl/N-ethyl adjacent to an activating group) is 1. The van der Waals surface area contributed by atoms with Gasteiger partial charge in [0.15, 0.2) is 11.6 Å². The van der Waals surface area contributed by atoms with E-state index >= 15 is 0 Å². The molecule has 1 aromatic rings. The number of rotatable bonds is 7. The number of hydrogen-bond donors (Lipinski definition) is 1. The number of carbonyl (C=O) groups excluding carboxylic acids is 1. The third-order valence-corrected chi connectivity index (χ3v) is 2.82. The van der Waals surface area contributed by atoms with Crippen LogP contribution in [0.2, 0.25) is 0 Å². The smallest absolute Gasteiger partial charge is 0.234 e. The van der Waals surface area contributed by atoms with Gasteiger partial charge in [-0.15, -0.1) is 6.42 Å². The summed E-state index contributed by atoms with van der Waals surface area (Å²) in [6.07, 6.45) is 5.08. The number of terminal acetylenes is 1. The second kappa shape index (κ2) is 8.18. The number of nitrogens with one attached hydrogen (secondary N) is 1. The van der Waals surface area contributed by atoms with Crippen LogP contribution in [-0.2, 0) is 11.3 Å². The van der Waals surface area contributed by atoms with Crippen molar-refractivity contribution in [3.63, 3.8) is 0 Å². The summed E-state index contributed by atoms with van der Waals surface area (Å²) in [5.74, 6) is 2.01. The zero-order valence-corrected chi connectivity index (χ0v) is 11.8. The highest BCUT2D eigenvalue weighted by Gasteiger charge is 2.10. The summed E-state index contributed by atoms with van der Waals surface area (Å²) >= 11 is 0. The van der Waals surface area contributed by atoms with E-state index in [0.717, 1.165) is 5.56 Å². The Labute approximate surface area is 118 Å². The monoisotopic (exact) mass is 278 g/mol. The van der Waals surface area contributed by atoms with Crippen molar-refractivity contribution in [3.05, 3.63) is 29.6 Å². The van der Waals surface area contributed by atoms with E-state index < -0.39 is 5.82 Å². The predicted octanol–water partition coefficient (Wildman–Crippen LogP) is 1.41. The van der Waals surface area contributed by atoms with Crippen LogP contribution in [-0.4, -0.2) is 37.6 Å². The normalized spacial score (nSPS) is 10.2. The lowest BCUT2D eigenvalue weighted by Gasteiger charge is -2.19. The van der Waals surface area contributed by atoms with Gasteiger partial charge in [0.1, 0.15) is 0 Å². The first-order valence-electron chi connectivity index (χ1n) is 6.35. The van der Waals surface area contributed by atoms with Crippen LogP contribution in [0.25, 0.3) is 0 Å². The van der Waals surface area contributed by atoms with E-state index in [1.54, 1.807) is 12.1 Å². The van der Waals surface area contributed by atoms with Gasteiger partial charge in [-0.25, -0.2) is 4.39 Å². The summed E-state index contributed by atoms with van der Waals surface area (Å²) in [7, 11) is 1.42. The summed E-state index contributed by atoms with van der Waals surface area (Å²) in [6, 6.07) is 4.78. The average molecular weight is 278 g/mol. The molecule has 1 amide bonds. The number of hydrogen-bond acceptors (Lipinski definition) is 3. The molecule has 0 aliphatic rings. The Morgan fingerprint density at radius 1 is 1.55 bits per heavy atom. The molecule has 0 atom stereocenters.